The third kappa shape index (κ3) is 2.35. The minimum atomic E-state index is -0.708. The van der Waals surface area contributed by atoms with Crippen LogP contribution in [0.5, 0.6) is 0 Å². The van der Waals surface area contributed by atoms with Gasteiger partial charge in [0.05, 0.1) is 12.2 Å². The molecular formula is C14H22F2O. The third-order valence-corrected chi connectivity index (χ3v) is 4.87. The lowest BCUT2D eigenvalue weighted by Gasteiger charge is -2.27. The number of hydrogen-bond donors (Lipinski definition) is 0. The molecule has 0 radical (unpaired) electrons. The molecule has 1 nitrogen and oxygen atoms in total. The predicted octanol–water partition coefficient (Wildman–Crippen LogP) is 3.81. The van der Waals surface area contributed by atoms with E-state index in [1.165, 1.54) is 0 Å². The second kappa shape index (κ2) is 4.83. The molecule has 6 atom stereocenters. The van der Waals surface area contributed by atoms with Crippen LogP contribution >= 0.6 is 0 Å². The highest BCUT2D eigenvalue weighted by atomic mass is 19.1. The first kappa shape index (κ1) is 11.9. The molecule has 0 aromatic carbocycles. The highest BCUT2D eigenvalue weighted by molar-refractivity contribution is 5.00. The van der Waals surface area contributed by atoms with E-state index in [-0.39, 0.29) is 24.0 Å². The summed E-state index contributed by atoms with van der Waals surface area (Å²) in [6.45, 7) is 0. The lowest BCUT2D eigenvalue weighted by atomic mass is 9.79. The molecule has 0 bridgehead atoms. The standard InChI is InChI=1S/C14H22F2O/c15-11-7-3-1-5-9(11)13-14(17-13)10-6-2-4-8-12(10)16/h9-14H,1-8H2. The average molecular weight is 244 g/mol. The van der Waals surface area contributed by atoms with Crippen molar-refractivity contribution in [3.8, 4) is 0 Å². The number of alkyl halides is 2. The molecule has 3 heteroatoms. The molecule has 0 aromatic rings. The van der Waals surface area contributed by atoms with E-state index in [2.05, 4.69) is 0 Å². The van der Waals surface area contributed by atoms with Gasteiger partial charge in [-0.2, -0.15) is 0 Å². The van der Waals surface area contributed by atoms with E-state index in [1.807, 2.05) is 0 Å². The Balaban J connectivity index is 1.57. The van der Waals surface area contributed by atoms with Crippen LogP contribution in [0.25, 0.3) is 0 Å². The number of halogens is 2. The van der Waals surface area contributed by atoms with Gasteiger partial charge < -0.3 is 4.74 Å². The van der Waals surface area contributed by atoms with Crippen LogP contribution in [0.15, 0.2) is 0 Å². The van der Waals surface area contributed by atoms with E-state index in [4.69, 9.17) is 4.74 Å². The maximum absolute atomic E-state index is 13.8. The number of hydrogen-bond acceptors (Lipinski definition) is 1. The van der Waals surface area contributed by atoms with Crippen LogP contribution in [0.1, 0.15) is 51.4 Å². The van der Waals surface area contributed by atoms with Crippen LogP contribution < -0.4 is 0 Å². The molecule has 3 aliphatic rings. The molecule has 0 amide bonds. The lowest BCUT2D eigenvalue weighted by Crippen LogP contribution is -2.31. The number of epoxide rings is 1. The van der Waals surface area contributed by atoms with Gasteiger partial charge in [0, 0.05) is 11.8 Å². The van der Waals surface area contributed by atoms with Crippen molar-refractivity contribution in [1.29, 1.82) is 0 Å². The zero-order valence-electron chi connectivity index (χ0n) is 10.3. The largest absolute Gasteiger partial charge is 0.369 e. The van der Waals surface area contributed by atoms with E-state index in [0.717, 1.165) is 38.5 Å². The van der Waals surface area contributed by atoms with Crippen molar-refractivity contribution in [2.75, 3.05) is 0 Å². The van der Waals surface area contributed by atoms with Gasteiger partial charge in [-0.15, -0.1) is 0 Å². The molecule has 2 aliphatic carbocycles. The summed E-state index contributed by atoms with van der Waals surface area (Å²) in [5.41, 5.74) is 0. The van der Waals surface area contributed by atoms with E-state index >= 15 is 0 Å². The van der Waals surface area contributed by atoms with Crippen LogP contribution in [0.4, 0.5) is 8.78 Å². The third-order valence-electron chi connectivity index (χ3n) is 4.87. The van der Waals surface area contributed by atoms with Gasteiger partial charge in [-0.1, -0.05) is 25.7 Å². The maximum Gasteiger partial charge on any atom is 0.105 e. The first-order valence-electron chi connectivity index (χ1n) is 7.21. The molecule has 2 saturated carbocycles. The normalized spacial score (nSPS) is 51.2. The smallest absolute Gasteiger partial charge is 0.105 e. The Kier molecular flexibility index (Phi) is 3.38. The second-order valence-electron chi connectivity index (χ2n) is 5.99. The summed E-state index contributed by atoms with van der Waals surface area (Å²) in [5.74, 6) is 0.116. The minimum Gasteiger partial charge on any atom is -0.369 e. The first-order valence-corrected chi connectivity index (χ1v) is 7.21. The summed E-state index contributed by atoms with van der Waals surface area (Å²) in [4.78, 5) is 0. The van der Waals surface area contributed by atoms with E-state index in [9.17, 15) is 8.78 Å². The summed E-state index contributed by atoms with van der Waals surface area (Å²) in [7, 11) is 0. The molecule has 98 valence electrons. The Labute approximate surface area is 102 Å². The van der Waals surface area contributed by atoms with Gasteiger partial charge in [-0.05, 0) is 25.7 Å². The number of rotatable bonds is 2. The van der Waals surface area contributed by atoms with Crippen molar-refractivity contribution in [2.45, 2.75) is 75.9 Å². The van der Waals surface area contributed by atoms with Crippen molar-refractivity contribution in [3.63, 3.8) is 0 Å². The van der Waals surface area contributed by atoms with Crippen molar-refractivity contribution < 1.29 is 13.5 Å². The van der Waals surface area contributed by atoms with E-state index < -0.39 is 12.3 Å². The topological polar surface area (TPSA) is 12.5 Å². The fraction of sp³-hybridized carbons (Fsp3) is 1.00. The molecule has 1 heterocycles. The van der Waals surface area contributed by atoms with Crippen LogP contribution in [-0.4, -0.2) is 24.6 Å². The van der Waals surface area contributed by atoms with Gasteiger partial charge in [0.15, 0.2) is 0 Å². The molecule has 3 fully saturated rings. The molecular weight excluding hydrogens is 222 g/mol. The lowest BCUT2D eigenvalue weighted by molar-refractivity contribution is 0.131. The maximum atomic E-state index is 13.8. The minimum absolute atomic E-state index is 0.0339. The van der Waals surface area contributed by atoms with E-state index in [0.29, 0.717) is 12.8 Å². The average Bonchev–Trinajstić information content (AvgIpc) is 3.10. The van der Waals surface area contributed by atoms with Gasteiger partial charge in [-0.25, -0.2) is 8.78 Å². The Morgan fingerprint density at radius 2 is 1.06 bits per heavy atom. The molecule has 0 aromatic heterocycles. The van der Waals surface area contributed by atoms with Crippen LogP contribution in [0, 0.1) is 11.8 Å². The fourth-order valence-corrected chi connectivity index (χ4v) is 3.79. The predicted molar refractivity (Wildman–Crippen MR) is 62.4 cm³/mol. The second-order valence-corrected chi connectivity index (χ2v) is 5.99. The van der Waals surface area contributed by atoms with Crippen LogP contribution in [0.2, 0.25) is 0 Å². The highest BCUT2D eigenvalue weighted by Gasteiger charge is 2.53. The molecule has 1 saturated heterocycles. The SMILES string of the molecule is FC1CCCCC1C1OC1C1CCCCC1F. The van der Waals surface area contributed by atoms with Crippen LogP contribution in [-0.2, 0) is 4.74 Å². The number of ether oxygens (including phenoxy) is 1. The Bertz CT molecular complexity index is 245. The summed E-state index contributed by atoms with van der Waals surface area (Å²) >= 11 is 0. The Morgan fingerprint density at radius 1 is 0.647 bits per heavy atom. The van der Waals surface area contributed by atoms with Crippen molar-refractivity contribution in [2.24, 2.45) is 11.8 Å². The molecule has 17 heavy (non-hydrogen) atoms. The Morgan fingerprint density at radius 3 is 1.47 bits per heavy atom. The molecule has 6 unspecified atom stereocenters. The van der Waals surface area contributed by atoms with Gasteiger partial charge >= 0.3 is 0 Å². The van der Waals surface area contributed by atoms with Gasteiger partial charge in [0.2, 0.25) is 0 Å². The summed E-state index contributed by atoms with van der Waals surface area (Å²) in [6.07, 6.45) is 6.12. The molecule has 0 spiro atoms. The summed E-state index contributed by atoms with van der Waals surface area (Å²) in [6, 6.07) is 0. The van der Waals surface area contributed by atoms with Gasteiger partial charge in [0.1, 0.15) is 12.3 Å². The van der Waals surface area contributed by atoms with Crippen molar-refractivity contribution in [1.82, 2.24) is 0 Å². The highest BCUT2D eigenvalue weighted by Crippen LogP contribution is 2.46. The van der Waals surface area contributed by atoms with Gasteiger partial charge in [-0.3, -0.25) is 0 Å². The molecule has 1 aliphatic heterocycles. The Hall–Kier alpha value is -0.180. The molecule has 0 N–H and O–H groups in total. The quantitative estimate of drug-likeness (QED) is 0.673. The van der Waals surface area contributed by atoms with Crippen LogP contribution in [0.3, 0.4) is 0 Å². The summed E-state index contributed by atoms with van der Waals surface area (Å²) in [5, 5.41) is 0. The van der Waals surface area contributed by atoms with Crippen molar-refractivity contribution >= 4 is 0 Å². The summed E-state index contributed by atoms with van der Waals surface area (Å²) < 4.78 is 33.3. The molecule has 3 rings (SSSR count). The zero-order valence-corrected chi connectivity index (χ0v) is 10.3. The monoisotopic (exact) mass is 244 g/mol. The van der Waals surface area contributed by atoms with Crippen molar-refractivity contribution in [3.05, 3.63) is 0 Å². The van der Waals surface area contributed by atoms with Gasteiger partial charge in [0.25, 0.3) is 0 Å². The first-order chi connectivity index (χ1) is 8.27. The van der Waals surface area contributed by atoms with E-state index in [1.54, 1.807) is 0 Å². The zero-order chi connectivity index (χ0) is 11.8. The fourth-order valence-electron chi connectivity index (χ4n) is 3.79.